The van der Waals surface area contributed by atoms with E-state index in [0.29, 0.717) is 0 Å². The van der Waals surface area contributed by atoms with Gasteiger partial charge in [0.1, 0.15) is 16.8 Å². The summed E-state index contributed by atoms with van der Waals surface area (Å²) in [5, 5.41) is 5.85. The molecule has 2 aromatic heterocycles. The minimum absolute atomic E-state index is 0.721. The van der Waals surface area contributed by atoms with Crippen molar-refractivity contribution in [2.24, 2.45) is 0 Å². The van der Waals surface area contributed by atoms with Crippen LogP contribution >= 0.6 is 0 Å². The maximum absolute atomic E-state index is 6.36. The lowest BCUT2D eigenvalue weighted by Gasteiger charge is -2.22. The van der Waals surface area contributed by atoms with Gasteiger partial charge in [-0.25, -0.2) is 4.98 Å². The van der Waals surface area contributed by atoms with Crippen LogP contribution in [-0.4, -0.2) is 67.2 Å². The molecule has 0 unspecified atom stereocenters. The van der Waals surface area contributed by atoms with E-state index >= 15 is 0 Å². The number of aromatic nitrogens is 1. The van der Waals surface area contributed by atoms with E-state index in [1.54, 1.807) is 0 Å². The molecule has 1 aliphatic rings. The highest BCUT2D eigenvalue weighted by atomic mass is 16.5. The van der Waals surface area contributed by atoms with Gasteiger partial charge in [-0.1, -0.05) is 38.8 Å². The monoisotopic (exact) mass is 516 g/mol. The summed E-state index contributed by atoms with van der Waals surface area (Å²) in [4.78, 5) is 10.2. The predicted octanol–water partition coefficient (Wildman–Crippen LogP) is 7.31. The van der Waals surface area contributed by atoms with E-state index in [-0.39, 0.29) is 0 Å². The topological polar surface area (TPSA) is 53.8 Å². The number of furan rings is 1. The first-order valence-electron chi connectivity index (χ1n) is 14.8. The largest absolute Gasteiger partial charge is 0.494 e. The number of rotatable bonds is 15. The highest BCUT2D eigenvalue weighted by Gasteiger charge is 2.18. The Labute approximate surface area is 227 Å². The lowest BCUT2D eigenvalue weighted by Crippen LogP contribution is -2.28. The number of benzene rings is 2. The number of pyridine rings is 1. The van der Waals surface area contributed by atoms with Crippen LogP contribution in [0.5, 0.6) is 5.75 Å². The molecule has 204 valence electrons. The molecule has 0 atom stereocenters. The number of para-hydroxylation sites is 1. The molecule has 2 aromatic carbocycles. The first-order chi connectivity index (χ1) is 18.8. The van der Waals surface area contributed by atoms with Gasteiger partial charge in [0.2, 0.25) is 0 Å². The Morgan fingerprint density at radius 1 is 0.947 bits per heavy atom. The molecular formula is C32H44N4O2. The lowest BCUT2D eigenvalue weighted by atomic mass is 10.1. The SMILES string of the molecule is CCCCN(CCCC)CCCOc1ccc2nc3c(oc4ccccc43)c(NCCN3CCCC3)c2c1. The van der Waals surface area contributed by atoms with E-state index in [1.807, 2.05) is 18.2 Å². The van der Waals surface area contributed by atoms with E-state index in [4.69, 9.17) is 14.1 Å². The van der Waals surface area contributed by atoms with Crippen LogP contribution in [0.2, 0.25) is 0 Å². The molecular weight excluding hydrogens is 472 g/mol. The molecule has 1 saturated heterocycles. The van der Waals surface area contributed by atoms with Crippen molar-refractivity contribution in [2.75, 3.05) is 57.7 Å². The van der Waals surface area contributed by atoms with Crippen LogP contribution in [0, 0.1) is 0 Å². The molecule has 0 radical (unpaired) electrons. The zero-order valence-electron chi connectivity index (χ0n) is 23.3. The van der Waals surface area contributed by atoms with Gasteiger partial charge in [0.05, 0.1) is 17.8 Å². The Bertz CT molecular complexity index is 1300. The molecule has 0 saturated carbocycles. The summed E-state index contributed by atoms with van der Waals surface area (Å²) >= 11 is 0. The zero-order chi connectivity index (χ0) is 26.2. The van der Waals surface area contributed by atoms with E-state index in [9.17, 15) is 0 Å². The van der Waals surface area contributed by atoms with Crippen LogP contribution in [0.1, 0.15) is 58.8 Å². The molecule has 0 bridgehead atoms. The van der Waals surface area contributed by atoms with Crippen molar-refractivity contribution < 1.29 is 9.15 Å². The Morgan fingerprint density at radius 2 is 1.71 bits per heavy atom. The second-order valence-electron chi connectivity index (χ2n) is 10.7. The third-order valence-electron chi connectivity index (χ3n) is 7.74. The Kier molecular flexibility index (Phi) is 9.37. The summed E-state index contributed by atoms with van der Waals surface area (Å²) in [7, 11) is 0. The van der Waals surface area contributed by atoms with E-state index in [1.165, 1.54) is 64.7 Å². The summed E-state index contributed by atoms with van der Waals surface area (Å²) in [5.74, 6) is 0.894. The minimum atomic E-state index is 0.721. The van der Waals surface area contributed by atoms with Crippen LogP contribution in [0.4, 0.5) is 5.69 Å². The van der Waals surface area contributed by atoms with Gasteiger partial charge in [-0.15, -0.1) is 0 Å². The molecule has 38 heavy (non-hydrogen) atoms. The number of unbranched alkanes of at least 4 members (excludes halogenated alkanes) is 2. The third-order valence-corrected chi connectivity index (χ3v) is 7.74. The summed E-state index contributed by atoms with van der Waals surface area (Å²) in [5.41, 5.74) is 4.62. The van der Waals surface area contributed by atoms with E-state index in [0.717, 1.165) is 77.1 Å². The average Bonchev–Trinajstić information content (AvgIpc) is 3.60. The molecule has 6 heteroatoms. The van der Waals surface area contributed by atoms with Crippen molar-refractivity contribution in [2.45, 2.75) is 58.8 Å². The Hall–Kier alpha value is -2.83. The number of nitrogens with zero attached hydrogens (tertiary/aromatic N) is 3. The summed E-state index contributed by atoms with van der Waals surface area (Å²) in [6.07, 6.45) is 8.68. The van der Waals surface area contributed by atoms with Gasteiger partial charge >= 0.3 is 0 Å². The van der Waals surface area contributed by atoms with Gasteiger partial charge in [0.15, 0.2) is 5.58 Å². The second-order valence-corrected chi connectivity index (χ2v) is 10.7. The number of hydrogen-bond acceptors (Lipinski definition) is 6. The number of ether oxygens (including phenoxy) is 1. The van der Waals surface area contributed by atoms with Crippen molar-refractivity contribution in [3.05, 3.63) is 42.5 Å². The number of likely N-dealkylation sites (tertiary alicyclic amines) is 1. The molecule has 6 nitrogen and oxygen atoms in total. The van der Waals surface area contributed by atoms with E-state index < -0.39 is 0 Å². The Balaban J connectivity index is 1.34. The fourth-order valence-electron chi connectivity index (χ4n) is 5.56. The van der Waals surface area contributed by atoms with Gasteiger partial charge in [-0.3, -0.25) is 0 Å². The number of fused-ring (bicyclic) bond motifs is 4. The standard InChI is InChI=1S/C32H44N4O2/c1-3-5-17-35(18-6-4-2)21-11-23-37-25-14-15-28-27(24-25)30(33-16-22-36-19-9-10-20-36)32-31(34-28)26-12-7-8-13-29(26)38-32/h7-8,12-15,24H,3-6,9-11,16-23H2,1-2H3,(H,33,34). The first kappa shape index (κ1) is 26.8. The highest BCUT2D eigenvalue weighted by molar-refractivity contribution is 6.13. The molecule has 1 aliphatic heterocycles. The summed E-state index contributed by atoms with van der Waals surface area (Å²) in [6.45, 7) is 13.0. The lowest BCUT2D eigenvalue weighted by molar-refractivity contribution is 0.229. The predicted molar refractivity (Wildman–Crippen MR) is 160 cm³/mol. The number of anilines is 1. The zero-order valence-corrected chi connectivity index (χ0v) is 23.3. The van der Waals surface area contributed by atoms with Gasteiger partial charge in [-0.05, 0) is 88.6 Å². The third kappa shape index (κ3) is 6.41. The maximum atomic E-state index is 6.36. The molecule has 0 aliphatic carbocycles. The molecule has 0 spiro atoms. The molecule has 4 aromatic rings. The number of hydrogen-bond donors (Lipinski definition) is 1. The highest BCUT2D eigenvalue weighted by Crippen LogP contribution is 2.38. The summed E-state index contributed by atoms with van der Waals surface area (Å²) < 4.78 is 12.6. The fourth-order valence-corrected chi connectivity index (χ4v) is 5.56. The van der Waals surface area contributed by atoms with Gasteiger partial charge in [-0.2, -0.15) is 0 Å². The van der Waals surface area contributed by atoms with Crippen molar-refractivity contribution >= 4 is 38.7 Å². The molecule has 5 rings (SSSR count). The van der Waals surface area contributed by atoms with E-state index in [2.05, 4.69) is 53.2 Å². The van der Waals surface area contributed by atoms with Crippen molar-refractivity contribution in [1.82, 2.24) is 14.8 Å². The van der Waals surface area contributed by atoms with Gasteiger partial charge in [0, 0.05) is 30.4 Å². The summed E-state index contributed by atoms with van der Waals surface area (Å²) in [6, 6.07) is 14.5. The van der Waals surface area contributed by atoms with Crippen LogP contribution < -0.4 is 10.1 Å². The first-order valence-corrected chi connectivity index (χ1v) is 14.8. The van der Waals surface area contributed by atoms with Crippen molar-refractivity contribution in [1.29, 1.82) is 0 Å². The van der Waals surface area contributed by atoms with Gasteiger partial charge in [0.25, 0.3) is 0 Å². The Morgan fingerprint density at radius 3 is 2.50 bits per heavy atom. The fraction of sp³-hybridized carbons (Fsp3) is 0.531. The van der Waals surface area contributed by atoms with Crippen LogP contribution in [-0.2, 0) is 0 Å². The van der Waals surface area contributed by atoms with Crippen LogP contribution in [0.15, 0.2) is 46.9 Å². The molecule has 1 fully saturated rings. The molecule has 1 N–H and O–H groups in total. The average molecular weight is 517 g/mol. The second kappa shape index (κ2) is 13.3. The smallest absolute Gasteiger partial charge is 0.177 e. The quantitative estimate of drug-likeness (QED) is 0.167. The number of nitrogens with one attached hydrogen (secondary N) is 1. The van der Waals surface area contributed by atoms with Crippen molar-refractivity contribution in [3.63, 3.8) is 0 Å². The van der Waals surface area contributed by atoms with Crippen LogP contribution in [0.3, 0.4) is 0 Å². The maximum Gasteiger partial charge on any atom is 0.177 e. The van der Waals surface area contributed by atoms with Crippen LogP contribution in [0.25, 0.3) is 33.0 Å². The molecule has 0 amide bonds. The van der Waals surface area contributed by atoms with Gasteiger partial charge < -0.3 is 24.3 Å². The van der Waals surface area contributed by atoms with Crippen molar-refractivity contribution in [3.8, 4) is 5.75 Å². The molecule has 3 heterocycles. The normalized spacial score (nSPS) is 14.4. The minimum Gasteiger partial charge on any atom is -0.494 e.